The summed E-state index contributed by atoms with van der Waals surface area (Å²) in [5.41, 5.74) is 5.40. The van der Waals surface area contributed by atoms with E-state index < -0.39 is 5.54 Å². The molecule has 2 N–H and O–H groups in total. The Kier molecular flexibility index (Phi) is 3.28. The van der Waals surface area contributed by atoms with Crippen molar-refractivity contribution in [2.75, 3.05) is 0 Å². The molecule has 1 aromatic heterocycles. The normalized spacial score (nSPS) is 19.7. The van der Waals surface area contributed by atoms with Gasteiger partial charge in [0.05, 0.1) is 5.54 Å². The Labute approximate surface area is 96.6 Å². The fourth-order valence-corrected chi connectivity index (χ4v) is 2.20. The molecule has 0 saturated heterocycles. The number of nitrogens with zero attached hydrogens (tertiary/aromatic N) is 2. The van der Waals surface area contributed by atoms with Crippen molar-refractivity contribution in [3.05, 3.63) is 11.7 Å². The van der Waals surface area contributed by atoms with Crippen molar-refractivity contribution in [3.63, 3.8) is 0 Å². The van der Waals surface area contributed by atoms with Gasteiger partial charge in [-0.3, -0.25) is 0 Å². The Hall–Kier alpha value is -0.900. The standard InChI is InChI=1S/C12H21N3O/c1-12(2,13)11-14-10(15-16-11)9-7-5-3-4-6-8-9/h9H,3-8,13H2,1-2H3. The van der Waals surface area contributed by atoms with Gasteiger partial charge in [0.1, 0.15) is 0 Å². The van der Waals surface area contributed by atoms with Crippen molar-refractivity contribution < 1.29 is 4.52 Å². The van der Waals surface area contributed by atoms with Crippen LogP contribution in [0.5, 0.6) is 0 Å². The fraction of sp³-hybridized carbons (Fsp3) is 0.833. The lowest BCUT2D eigenvalue weighted by molar-refractivity contribution is 0.308. The zero-order valence-corrected chi connectivity index (χ0v) is 10.2. The first-order valence-corrected chi connectivity index (χ1v) is 6.20. The number of rotatable bonds is 2. The number of hydrogen-bond acceptors (Lipinski definition) is 4. The van der Waals surface area contributed by atoms with E-state index >= 15 is 0 Å². The highest BCUT2D eigenvalue weighted by molar-refractivity contribution is 5.01. The molecule has 0 amide bonds. The van der Waals surface area contributed by atoms with Gasteiger partial charge in [-0.25, -0.2) is 0 Å². The summed E-state index contributed by atoms with van der Waals surface area (Å²) in [7, 11) is 0. The summed E-state index contributed by atoms with van der Waals surface area (Å²) in [5, 5.41) is 4.08. The minimum Gasteiger partial charge on any atom is -0.337 e. The fourth-order valence-electron chi connectivity index (χ4n) is 2.20. The first-order valence-electron chi connectivity index (χ1n) is 6.20. The van der Waals surface area contributed by atoms with Crippen LogP contribution in [0, 0.1) is 0 Å². The van der Waals surface area contributed by atoms with E-state index in [1.807, 2.05) is 13.8 Å². The molecule has 0 radical (unpaired) electrons. The van der Waals surface area contributed by atoms with Crippen LogP contribution in [-0.4, -0.2) is 10.1 Å². The summed E-state index contributed by atoms with van der Waals surface area (Å²) >= 11 is 0. The maximum atomic E-state index is 5.93. The van der Waals surface area contributed by atoms with Crippen LogP contribution in [-0.2, 0) is 5.54 Å². The lowest BCUT2D eigenvalue weighted by Crippen LogP contribution is -2.29. The van der Waals surface area contributed by atoms with Crippen molar-refractivity contribution >= 4 is 0 Å². The number of hydrogen-bond donors (Lipinski definition) is 1. The Balaban J connectivity index is 2.11. The molecule has 16 heavy (non-hydrogen) atoms. The summed E-state index contributed by atoms with van der Waals surface area (Å²) in [6.45, 7) is 3.77. The molecule has 2 rings (SSSR count). The van der Waals surface area contributed by atoms with Gasteiger partial charge in [0, 0.05) is 5.92 Å². The van der Waals surface area contributed by atoms with Crippen LogP contribution in [0.2, 0.25) is 0 Å². The Morgan fingerprint density at radius 2 is 1.81 bits per heavy atom. The van der Waals surface area contributed by atoms with Gasteiger partial charge in [-0.1, -0.05) is 30.8 Å². The zero-order chi connectivity index (χ0) is 11.6. The first kappa shape index (κ1) is 11.6. The van der Waals surface area contributed by atoms with Crippen molar-refractivity contribution in [2.24, 2.45) is 5.73 Å². The van der Waals surface area contributed by atoms with E-state index in [4.69, 9.17) is 10.3 Å². The summed E-state index contributed by atoms with van der Waals surface area (Å²) in [6.07, 6.45) is 7.60. The molecule has 0 bridgehead atoms. The van der Waals surface area contributed by atoms with E-state index in [1.165, 1.54) is 38.5 Å². The average Bonchev–Trinajstić information content (AvgIpc) is 2.55. The Bertz CT molecular complexity index is 332. The van der Waals surface area contributed by atoms with Crippen LogP contribution in [0.15, 0.2) is 4.52 Å². The van der Waals surface area contributed by atoms with Gasteiger partial charge in [0.15, 0.2) is 5.82 Å². The molecule has 4 heteroatoms. The number of nitrogens with two attached hydrogens (primary N) is 1. The topological polar surface area (TPSA) is 64.9 Å². The van der Waals surface area contributed by atoms with E-state index in [-0.39, 0.29) is 0 Å². The molecule has 1 aliphatic carbocycles. The third-order valence-corrected chi connectivity index (χ3v) is 3.21. The van der Waals surface area contributed by atoms with E-state index in [9.17, 15) is 0 Å². The predicted octanol–water partition coefficient (Wildman–Crippen LogP) is 2.70. The van der Waals surface area contributed by atoms with Crippen LogP contribution in [0.4, 0.5) is 0 Å². The van der Waals surface area contributed by atoms with E-state index in [0.717, 1.165) is 5.82 Å². The maximum absolute atomic E-state index is 5.93. The van der Waals surface area contributed by atoms with Crippen LogP contribution in [0.3, 0.4) is 0 Å². The van der Waals surface area contributed by atoms with E-state index in [2.05, 4.69) is 10.1 Å². The van der Waals surface area contributed by atoms with Gasteiger partial charge in [0.2, 0.25) is 5.89 Å². The second-order valence-corrected chi connectivity index (χ2v) is 5.37. The van der Waals surface area contributed by atoms with Gasteiger partial charge >= 0.3 is 0 Å². The van der Waals surface area contributed by atoms with Gasteiger partial charge in [-0.15, -0.1) is 0 Å². The molecule has 1 fully saturated rings. The van der Waals surface area contributed by atoms with Crippen LogP contribution in [0.25, 0.3) is 0 Å². The smallest absolute Gasteiger partial charge is 0.246 e. The SMILES string of the molecule is CC(C)(N)c1nc(C2CCCCCC2)no1. The second kappa shape index (κ2) is 4.53. The van der Waals surface area contributed by atoms with Gasteiger partial charge in [-0.2, -0.15) is 4.98 Å². The zero-order valence-electron chi connectivity index (χ0n) is 10.2. The minimum atomic E-state index is -0.532. The molecular formula is C12H21N3O. The predicted molar refractivity (Wildman–Crippen MR) is 62.0 cm³/mol. The first-order chi connectivity index (χ1) is 7.57. The monoisotopic (exact) mass is 223 g/mol. The lowest BCUT2D eigenvalue weighted by atomic mass is 10.00. The third kappa shape index (κ3) is 2.61. The molecule has 0 atom stereocenters. The van der Waals surface area contributed by atoms with E-state index in [0.29, 0.717) is 11.8 Å². The Morgan fingerprint density at radius 3 is 2.31 bits per heavy atom. The highest BCUT2D eigenvalue weighted by Gasteiger charge is 2.25. The highest BCUT2D eigenvalue weighted by Crippen LogP contribution is 2.30. The van der Waals surface area contributed by atoms with Gasteiger partial charge in [-0.05, 0) is 26.7 Å². The third-order valence-electron chi connectivity index (χ3n) is 3.21. The molecular weight excluding hydrogens is 202 g/mol. The van der Waals surface area contributed by atoms with Crippen molar-refractivity contribution in [1.82, 2.24) is 10.1 Å². The molecule has 1 heterocycles. The minimum absolute atomic E-state index is 0.474. The summed E-state index contributed by atoms with van der Waals surface area (Å²) in [5.74, 6) is 1.88. The van der Waals surface area contributed by atoms with Crippen molar-refractivity contribution in [2.45, 2.75) is 63.8 Å². The maximum Gasteiger partial charge on any atom is 0.246 e. The summed E-state index contributed by atoms with van der Waals surface area (Å²) < 4.78 is 5.24. The van der Waals surface area contributed by atoms with Crippen LogP contribution < -0.4 is 5.73 Å². The van der Waals surface area contributed by atoms with Crippen molar-refractivity contribution in [3.8, 4) is 0 Å². The molecule has 0 aliphatic heterocycles. The molecule has 0 spiro atoms. The van der Waals surface area contributed by atoms with Crippen LogP contribution in [0.1, 0.15) is 70.0 Å². The molecule has 4 nitrogen and oxygen atoms in total. The van der Waals surface area contributed by atoms with E-state index in [1.54, 1.807) is 0 Å². The number of aromatic nitrogens is 2. The Morgan fingerprint density at radius 1 is 1.19 bits per heavy atom. The molecule has 0 unspecified atom stereocenters. The lowest BCUT2D eigenvalue weighted by Gasteiger charge is -2.11. The quantitative estimate of drug-likeness (QED) is 0.783. The molecule has 90 valence electrons. The van der Waals surface area contributed by atoms with Gasteiger partial charge < -0.3 is 10.3 Å². The molecule has 1 aliphatic rings. The largest absolute Gasteiger partial charge is 0.337 e. The highest BCUT2D eigenvalue weighted by atomic mass is 16.5. The molecule has 0 aromatic carbocycles. The van der Waals surface area contributed by atoms with Crippen LogP contribution >= 0.6 is 0 Å². The molecule has 1 saturated carbocycles. The summed E-state index contributed by atoms with van der Waals surface area (Å²) in [4.78, 5) is 4.44. The second-order valence-electron chi connectivity index (χ2n) is 5.37. The van der Waals surface area contributed by atoms with Crippen molar-refractivity contribution in [1.29, 1.82) is 0 Å². The summed E-state index contributed by atoms with van der Waals surface area (Å²) in [6, 6.07) is 0. The average molecular weight is 223 g/mol. The molecule has 1 aromatic rings. The van der Waals surface area contributed by atoms with Gasteiger partial charge in [0.25, 0.3) is 0 Å².